The fourth-order valence-corrected chi connectivity index (χ4v) is 7.02. The SMILES string of the molecule is Cc1c[c-]c(-c2cc(C)c(C)cn2)cc1.Cc1ccc2c(n1)oc1c(-c3cc(-c4cc5ccc(-c6c(C)cccc6C)nc5cc4C)ccn3)[c-]ccc12.[Ir]. The van der Waals surface area contributed by atoms with Crippen molar-refractivity contribution < 1.29 is 24.5 Å². The van der Waals surface area contributed by atoms with Gasteiger partial charge in [-0.1, -0.05) is 59.8 Å². The number of benzene rings is 4. The summed E-state index contributed by atoms with van der Waals surface area (Å²) < 4.78 is 6.22. The van der Waals surface area contributed by atoms with Crippen molar-refractivity contribution in [1.29, 1.82) is 0 Å². The fraction of sp³-hybridized carbons (Fsp3) is 0.143. The molecule has 9 rings (SSSR count). The second-order valence-electron chi connectivity index (χ2n) is 14.2. The number of pyridine rings is 4. The van der Waals surface area contributed by atoms with Crippen molar-refractivity contribution in [3.8, 4) is 44.9 Å². The van der Waals surface area contributed by atoms with Crippen LogP contribution >= 0.6 is 0 Å². The van der Waals surface area contributed by atoms with Crippen molar-refractivity contribution in [3.63, 3.8) is 0 Å². The average Bonchev–Trinajstić information content (AvgIpc) is 3.54. The third-order valence-electron chi connectivity index (χ3n) is 10.2. The molecule has 273 valence electrons. The van der Waals surface area contributed by atoms with Crippen LogP contribution in [-0.4, -0.2) is 19.9 Å². The average molecular weight is 893 g/mol. The number of furan rings is 1. The monoisotopic (exact) mass is 893 g/mol. The Morgan fingerprint density at radius 3 is 2.18 bits per heavy atom. The van der Waals surface area contributed by atoms with E-state index in [2.05, 4.69) is 143 Å². The Morgan fingerprint density at radius 2 is 1.42 bits per heavy atom. The normalized spacial score (nSPS) is 11.0. The number of aromatic nitrogens is 4. The Balaban J connectivity index is 0.000000245. The van der Waals surface area contributed by atoms with E-state index in [9.17, 15) is 0 Å². The number of aryl methyl sites for hydroxylation is 7. The van der Waals surface area contributed by atoms with Crippen LogP contribution in [0.2, 0.25) is 0 Å². The molecule has 0 aliphatic rings. The van der Waals surface area contributed by atoms with Crippen LogP contribution in [0.15, 0.2) is 120 Å². The molecule has 0 atom stereocenters. The number of hydrogen-bond donors (Lipinski definition) is 0. The van der Waals surface area contributed by atoms with Gasteiger partial charge in [-0.05, 0) is 123 Å². The van der Waals surface area contributed by atoms with Gasteiger partial charge in [0.05, 0.1) is 16.8 Å². The zero-order valence-corrected chi connectivity index (χ0v) is 34.4. The second-order valence-corrected chi connectivity index (χ2v) is 14.2. The van der Waals surface area contributed by atoms with Crippen molar-refractivity contribution >= 4 is 33.0 Å². The van der Waals surface area contributed by atoms with Crippen molar-refractivity contribution in [2.75, 3.05) is 0 Å². The van der Waals surface area contributed by atoms with Crippen molar-refractivity contribution in [1.82, 2.24) is 19.9 Å². The first kappa shape index (κ1) is 37.5. The molecule has 0 aliphatic heterocycles. The molecule has 4 aromatic carbocycles. The minimum absolute atomic E-state index is 0. The van der Waals surface area contributed by atoms with Crippen LogP contribution in [0.25, 0.3) is 77.9 Å². The Morgan fingerprint density at radius 1 is 0.600 bits per heavy atom. The van der Waals surface area contributed by atoms with Gasteiger partial charge in [0, 0.05) is 54.5 Å². The molecule has 55 heavy (non-hydrogen) atoms. The van der Waals surface area contributed by atoms with Gasteiger partial charge < -0.3 is 14.4 Å². The first-order chi connectivity index (χ1) is 26.1. The summed E-state index contributed by atoms with van der Waals surface area (Å²) in [6.45, 7) is 14.6. The van der Waals surface area contributed by atoms with E-state index in [0.29, 0.717) is 5.71 Å². The smallest absolute Gasteiger partial charge is 0.216 e. The van der Waals surface area contributed by atoms with Crippen molar-refractivity contribution in [2.45, 2.75) is 48.5 Å². The van der Waals surface area contributed by atoms with Crippen LogP contribution in [0.1, 0.15) is 39.1 Å². The zero-order chi connectivity index (χ0) is 37.5. The van der Waals surface area contributed by atoms with Gasteiger partial charge in [0.1, 0.15) is 0 Å². The van der Waals surface area contributed by atoms with E-state index in [1.807, 2.05) is 43.6 Å². The number of rotatable bonds is 4. The quantitative estimate of drug-likeness (QED) is 0.165. The molecule has 9 aromatic rings. The summed E-state index contributed by atoms with van der Waals surface area (Å²) >= 11 is 0. The third-order valence-corrected chi connectivity index (χ3v) is 10.2. The summed E-state index contributed by atoms with van der Waals surface area (Å²) in [6, 6.07) is 42.1. The fourth-order valence-electron chi connectivity index (χ4n) is 7.02. The van der Waals surface area contributed by atoms with Crippen LogP contribution < -0.4 is 0 Å². The molecule has 6 heteroatoms. The van der Waals surface area contributed by atoms with Gasteiger partial charge in [-0.3, -0.25) is 0 Å². The van der Waals surface area contributed by atoms with Gasteiger partial charge in [0.15, 0.2) is 0 Å². The van der Waals surface area contributed by atoms with E-state index in [1.54, 1.807) is 0 Å². The minimum Gasteiger partial charge on any atom is -0.486 e. The van der Waals surface area contributed by atoms with Crippen LogP contribution in [0, 0.1) is 60.6 Å². The van der Waals surface area contributed by atoms with E-state index in [4.69, 9.17) is 14.4 Å². The maximum Gasteiger partial charge on any atom is 0.216 e. The second kappa shape index (κ2) is 15.5. The Labute approximate surface area is 335 Å². The van der Waals surface area contributed by atoms with Crippen molar-refractivity contribution in [3.05, 3.63) is 167 Å². The molecule has 0 spiro atoms. The first-order valence-corrected chi connectivity index (χ1v) is 18.2. The number of fused-ring (bicyclic) bond motifs is 4. The van der Waals surface area contributed by atoms with Gasteiger partial charge in [-0.25, -0.2) is 9.97 Å². The molecule has 0 N–H and O–H groups in total. The Bertz CT molecular complexity index is 2840. The molecule has 0 unspecified atom stereocenters. The van der Waals surface area contributed by atoms with Gasteiger partial charge in [0.2, 0.25) is 5.71 Å². The van der Waals surface area contributed by atoms with Gasteiger partial charge >= 0.3 is 0 Å². The van der Waals surface area contributed by atoms with Gasteiger partial charge in [-0.2, -0.15) is 0 Å². The predicted molar refractivity (Wildman–Crippen MR) is 221 cm³/mol. The maximum absolute atomic E-state index is 6.22. The van der Waals surface area contributed by atoms with E-state index < -0.39 is 0 Å². The summed E-state index contributed by atoms with van der Waals surface area (Å²) in [5.74, 6) is 0. The largest absolute Gasteiger partial charge is 0.486 e. The minimum atomic E-state index is 0. The summed E-state index contributed by atoms with van der Waals surface area (Å²) in [4.78, 5) is 18.7. The van der Waals surface area contributed by atoms with E-state index in [0.717, 1.165) is 77.9 Å². The molecule has 0 saturated heterocycles. The molecule has 0 amide bonds. The van der Waals surface area contributed by atoms with Crippen LogP contribution in [0.3, 0.4) is 0 Å². The van der Waals surface area contributed by atoms with E-state index in [-0.39, 0.29) is 20.1 Å². The third kappa shape index (κ3) is 7.49. The molecule has 5 heterocycles. The molecular formula is C49H40IrN4O-2. The first-order valence-electron chi connectivity index (χ1n) is 18.2. The van der Waals surface area contributed by atoms with Crippen LogP contribution in [0.4, 0.5) is 0 Å². The predicted octanol–water partition coefficient (Wildman–Crippen LogP) is 12.4. The number of nitrogens with zero attached hydrogens (tertiary/aromatic N) is 4. The van der Waals surface area contributed by atoms with Crippen molar-refractivity contribution in [2.24, 2.45) is 0 Å². The maximum atomic E-state index is 6.22. The van der Waals surface area contributed by atoms with E-state index >= 15 is 0 Å². The topological polar surface area (TPSA) is 64.7 Å². The van der Waals surface area contributed by atoms with Gasteiger partial charge in [0.25, 0.3) is 0 Å². The molecule has 1 radical (unpaired) electrons. The molecule has 0 aliphatic carbocycles. The summed E-state index contributed by atoms with van der Waals surface area (Å²) in [5.41, 5.74) is 18.9. The molecule has 0 bridgehead atoms. The summed E-state index contributed by atoms with van der Waals surface area (Å²) in [6.07, 6.45) is 3.77. The zero-order valence-electron chi connectivity index (χ0n) is 32.0. The standard InChI is InChI=1S/C35H26N3O.C14H14N.Ir/c1-20-7-5-8-21(2)33(20)30-14-12-25-18-29(22(3)17-31(25)38-30)24-15-16-36-32(19-24)28-10-6-9-26-27-13-11-23(4)37-35(27)39-34(26)28;1-10-4-6-13(7-5-10)14-8-11(2)12(3)9-15-14;/h5-9,11-19H,1-4H3;4-6,8-9H,1-3H3;/q2*-1;. The summed E-state index contributed by atoms with van der Waals surface area (Å²) in [5, 5.41) is 3.13. The van der Waals surface area contributed by atoms with E-state index in [1.165, 1.54) is 33.4 Å². The Kier molecular flexibility index (Phi) is 10.6. The van der Waals surface area contributed by atoms with Crippen LogP contribution in [0.5, 0.6) is 0 Å². The number of hydrogen-bond acceptors (Lipinski definition) is 5. The van der Waals surface area contributed by atoms with Gasteiger partial charge in [-0.15, -0.1) is 53.6 Å². The molecular weight excluding hydrogens is 853 g/mol. The summed E-state index contributed by atoms with van der Waals surface area (Å²) in [7, 11) is 0. The Hall–Kier alpha value is -5.81. The molecule has 0 fully saturated rings. The molecule has 0 saturated carbocycles. The molecule has 5 nitrogen and oxygen atoms in total. The molecule has 5 aromatic heterocycles. The van der Waals surface area contributed by atoms with Crippen LogP contribution in [-0.2, 0) is 20.1 Å².